The highest BCUT2D eigenvalue weighted by Gasteiger charge is 2.05. The van der Waals surface area contributed by atoms with Crippen molar-refractivity contribution in [1.29, 1.82) is 0 Å². The summed E-state index contributed by atoms with van der Waals surface area (Å²) in [5, 5.41) is 11.6. The molecule has 2 N–H and O–H groups in total. The Kier molecular flexibility index (Phi) is 4.92. The van der Waals surface area contributed by atoms with E-state index in [2.05, 4.69) is 5.32 Å². The summed E-state index contributed by atoms with van der Waals surface area (Å²) in [4.78, 5) is 10.3. The maximum Gasteiger partial charge on any atom is 0.303 e. The van der Waals surface area contributed by atoms with Crippen LogP contribution in [0.5, 0.6) is 0 Å². The van der Waals surface area contributed by atoms with Crippen LogP contribution in [0.1, 0.15) is 31.4 Å². The monoisotopic (exact) mass is 225 g/mol. The highest BCUT2D eigenvalue weighted by molar-refractivity contribution is 5.66. The molecule has 1 aromatic rings. The van der Waals surface area contributed by atoms with E-state index in [1.165, 1.54) is 12.1 Å². The Balaban J connectivity index is 2.35. The molecule has 0 radical (unpaired) electrons. The van der Waals surface area contributed by atoms with Gasteiger partial charge in [-0.25, -0.2) is 4.39 Å². The Morgan fingerprint density at radius 1 is 1.56 bits per heavy atom. The van der Waals surface area contributed by atoms with E-state index in [0.717, 1.165) is 5.56 Å². The van der Waals surface area contributed by atoms with Crippen LogP contribution in [-0.4, -0.2) is 17.6 Å². The number of aliphatic carboxylic acids is 1. The molecule has 0 aliphatic heterocycles. The molecule has 0 amide bonds. The molecular formula is C12H16FNO2. The first-order chi connectivity index (χ1) is 7.59. The van der Waals surface area contributed by atoms with Crippen molar-refractivity contribution in [2.75, 3.05) is 6.54 Å². The summed E-state index contributed by atoms with van der Waals surface area (Å²) >= 11 is 0. The number of hydrogen-bond donors (Lipinski definition) is 2. The Hall–Kier alpha value is -1.42. The van der Waals surface area contributed by atoms with Crippen LogP contribution in [-0.2, 0) is 4.79 Å². The van der Waals surface area contributed by atoms with Crippen LogP contribution >= 0.6 is 0 Å². The Morgan fingerprint density at radius 2 is 2.31 bits per heavy atom. The SMILES string of the molecule is C[C@H](NCCCC(=O)O)c1cccc(F)c1. The maximum absolute atomic E-state index is 12.9. The fraction of sp³-hybridized carbons (Fsp3) is 0.417. The van der Waals surface area contributed by atoms with Gasteiger partial charge in [0.05, 0.1) is 0 Å². The second-order valence-electron chi connectivity index (χ2n) is 3.73. The van der Waals surface area contributed by atoms with Gasteiger partial charge in [0.15, 0.2) is 0 Å². The first kappa shape index (κ1) is 12.6. The smallest absolute Gasteiger partial charge is 0.303 e. The molecule has 1 aromatic carbocycles. The number of rotatable bonds is 6. The van der Waals surface area contributed by atoms with E-state index in [-0.39, 0.29) is 18.3 Å². The minimum absolute atomic E-state index is 0.0319. The first-order valence-electron chi connectivity index (χ1n) is 5.30. The molecule has 0 fully saturated rings. The zero-order valence-electron chi connectivity index (χ0n) is 9.24. The van der Waals surface area contributed by atoms with Crippen LogP contribution in [0, 0.1) is 5.82 Å². The van der Waals surface area contributed by atoms with Gasteiger partial charge in [-0.1, -0.05) is 12.1 Å². The predicted molar refractivity (Wildman–Crippen MR) is 59.7 cm³/mol. The summed E-state index contributed by atoms with van der Waals surface area (Å²) in [7, 11) is 0. The van der Waals surface area contributed by atoms with Crippen molar-refractivity contribution in [3.8, 4) is 0 Å². The first-order valence-corrected chi connectivity index (χ1v) is 5.30. The third-order valence-electron chi connectivity index (χ3n) is 2.37. The van der Waals surface area contributed by atoms with Gasteiger partial charge in [0.25, 0.3) is 0 Å². The lowest BCUT2D eigenvalue weighted by Crippen LogP contribution is -2.20. The molecule has 3 nitrogen and oxygen atoms in total. The molecular weight excluding hydrogens is 209 g/mol. The molecule has 0 aliphatic carbocycles. The topological polar surface area (TPSA) is 49.3 Å². The van der Waals surface area contributed by atoms with Gasteiger partial charge in [0, 0.05) is 12.5 Å². The standard InChI is InChI=1S/C12H16FNO2/c1-9(14-7-3-6-12(15)16)10-4-2-5-11(13)8-10/h2,4-5,8-9,14H,3,6-7H2,1H3,(H,15,16)/t9-/m0/s1. The van der Waals surface area contributed by atoms with Crippen molar-refractivity contribution < 1.29 is 14.3 Å². The molecule has 1 atom stereocenters. The van der Waals surface area contributed by atoms with Gasteiger partial charge in [-0.2, -0.15) is 0 Å². The lowest BCUT2D eigenvalue weighted by molar-refractivity contribution is -0.137. The summed E-state index contributed by atoms with van der Waals surface area (Å²) in [5.74, 6) is -1.04. The summed E-state index contributed by atoms with van der Waals surface area (Å²) < 4.78 is 12.9. The number of benzene rings is 1. The summed E-state index contributed by atoms with van der Waals surface area (Å²) in [6.07, 6.45) is 0.734. The molecule has 16 heavy (non-hydrogen) atoms. The molecule has 0 aromatic heterocycles. The molecule has 0 bridgehead atoms. The van der Waals surface area contributed by atoms with Crippen LogP contribution in [0.25, 0.3) is 0 Å². The Labute approximate surface area is 94.3 Å². The minimum Gasteiger partial charge on any atom is -0.481 e. The molecule has 4 heteroatoms. The largest absolute Gasteiger partial charge is 0.481 e. The van der Waals surface area contributed by atoms with Crippen LogP contribution in [0.4, 0.5) is 4.39 Å². The molecule has 0 spiro atoms. The maximum atomic E-state index is 12.9. The van der Waals surface area contributed by atoms with Crippen molar-refractivity contribution in [1.82, 2.24) is 5.32 Å². The van der Waals surface area contributed by atoms with Crippen molar-refractivity contribution in [3.63, 3.8) is 0 Å². The van der Waals surface area contributed by atoms with Crippen molar-refractivity contribution in [2.24, 2.45) is 0 Å². The summed E-state index contributed by atoms with van der Waals surface area (Å²) in [5.41, 5.74) is 0.871. The van der Waals surface area contributed by atoms with Crippen LogP contribution in [0.15, 0.2) is 24.3 Å². The van der Waals surface area contributed by atoms with Crippen LogP contribution in [0.3, 0.4) is 0 Å². The van der Waals surface area contributed by atoms with Gasteiger partial charge in [-0.15, -0.1) is 0 Å². The van der Waals surface area contributed by atoms with Gasteiger partial charge in [0.1, 0.15) is 5.82 Å². The van der Waals surface area contributed by atoms with Gasteiger partial charge in [0.2, 0.25) is 0 Å². The number of carboxylic acids is 1. The zero-order chi connectivity index (χ0) is 12.0. The second-order valence-corrected chi connectivity index (χ2v) is 3.73. The Bertz CT molecular complexity index is 355. The van der Waals surface area contributed by atoms with Crippen molar-refractivity contribution >= 4 is 5.97 Å². The quantitative estimate of drug-likeness (QED) is 0.730. The molecule has 0 saturated heterocycles. The average molecular weight is 225 g/mol. The Morgan fingerprint density at radius 3 is 2.94 bits per heavy atom. The molecule has 0 heterocycles. The zero-order valence-corrected chi connectivity index (χ0v) is 9.24. The van der Waals surface area contributed by atoms with E-state index in [9.17, 15) is 9.18 Å². The lowest BCUT2D eigenvalue weighted by atomic mass is 10.1. The normalized spacial score (nSPS) is 12.4. The summed E-state index contributed by atoms with van der Waals surface area (Å²) in [6.45, 7) is 2.54. The fourth-order valence-electron chi connectivity index (χ4n) is 1.45. The highest BCUT2D eigenvalue weighted by atomic mass is 19.1. The van der Waals surface area contributed by atoms with Crippen molar-refractivity contribution in [3.05, 3.63) is 35.6 Å². The molecule has 1 rings (SSSR count). The number of halogens is 1. The van der Waals surface area contributed by atoms with E-state index in [0.29, 0.717) is 13.0 Å². The van der Waals surface area contributed by atoms with Crippen LogP contribution in [0.2, 0.25) is 0 Å². The minimum atomic E-state index is -0.791. The molecule has 0 saturated carbocycles. The van der Waals surface area contributed by atoms with E-state index >= 15 is 0 Å². The highest BCUT2D eigenvalue weighted by Crippen LogP contribution is 2.13. The number of nitrogens with one attached hydrogen (secondary N) is 1. The average Bonchev–Trinajstić information content (AvgIpc) is 2.24. The summed E-state index contributed by atoms with van der Waals surface area (Å²) in [6, 6.07) is 6.43. The predicted octanol–water partition coefficient (Wildman–Crippen LogP) is 2.34. The van der Waals surface area contributed by atoms with Gasteiger partial charge in [-0.05, 0) is 37.6 Å². The van der Waals surface area contributed by atoms with Gasteiger partial charge in [-0.3, -0.25) is 4.79 Å². The third kappa shape index (κ3) is 4.40. The van der Waals surface area contributed by atoms with Gasteiger partial charge < -0.3 is 10.4 Å². The molecule has 0 aliphatic rings. The van der Waals surface area contributed by atoms with E-state index in [1.54, 1.807) is 6.07 Å². The van der Waals surface area contributed by atoms with E-state index in [4.69, 9.17) is 5.11 Å². The molecule has 0 unspecified atom stereocenters. The molecule has 88 valence electrons. The van der Waals surface area contributed by atoms with Crippen molar-refractivity contribution in [2.45, 2.75) is 25.8 Å². The van der Waals surface area contributed by atoms with E-state index in [1.807, 2.05) is 13.0 Å². The van der Waals surface area contributed by atoms with Crippen LogP contribution < -0.4 is 5.32 Å². The van der Waals surface area contributed by atoms with E-state index < -0.39 is 5.97 Å². The third-order valence-corrected chi connectivity index (χ3v) is 2.37. The number of carbonyl (C=O) groups is 1. The van der Waals surface area contributed by atoms with Gasteiger partial charge >= 0.3 is 5.97 Å². The number of hydrogen-bond acceptors (Lipinski definition) is 2. The fourth-order valence-corrected chi connectivity index (χ4v) is 1.45. The second kappa shape index (κ2) is 6.23. The number of carboxylic acid groups (broad SMARTS) is 1. The lowest BCUT2D eigenvalue weighted by Gasteiger charge is -2.13.